The third-order valence-corrected chi connectivity index (χ3v) is 4.58. The van der Waals surface area contributed by atoms with Gasteiger partial charge in [0.2, 0.25) is 5.95 Å². The molecule has 0 radical (unpaired) electrons. The molecule has 2 heterocycles. The van der Waals surface area contributed by atoms with Gasteiger partial charge in [0.05, 0.1) is 5.69 Å². The zero-order chi connectivity index (χ0) is 17.1. The van der Waals surface area contributed by atoms with Crippen molar-refractivity contribution < 1.29 is 0 Å². The summed E-state index contributed by atoms with van der Waals surface area (Å²) in [5.41, 5.74) is 2.55. The van der Waals surface area contributed by atoms with Gasteiger partial charge < -0.3 is 9.80 Å². The molecule has 0 spiro atoms. The largest absolute Gasteiger partial charge is 0.368 e. The fourth-order valence-corrected chi connectivity index (χ4v) is 3.08. The van der Waals surface area contributed by atoms with Crippen molar-refractivity contribution in [3.05, 3.63) is 63.6 Å². The Bertz CT molecular complexity index is 777. The monoisotopic (exact) mass is 344 g/mol. The Balaban J connectivity index is 1.71. The lowest BCUT2D eigenvalue weighted by molar-refractivity contribution is 0.637. The van der Waals surface area contributed by atoms with Crippen molar-refractivity contribution in [1.82, 2.24) is 9.97 Å². The molecule has 1 aliphatic rings. The SMILES string of the molecule is C=CCc1c(C)nc(N2CCN(c3ccc(Cl)cc3)CC2)[nH]c1=O. The molecule has 0 bridgehead atoms. The molecule has 6 heteroatoms. The molecule has 24 heavy (non-hydrogen) atoms. The van der Waals surface area contributed by atoms with Gasteiger partial charge in [0.15, 0.2) is 0 Å². The number of aryl methyl sites for hydroxylation is 1. The smallest absolute Gasteiger partial charge is 0.256 e. The van der Waals surface area contributed by atoms with E-state index in [4.69, 9.17) is 11.6 Å². The summed E-state index contributed by atoms with van der Waals surface area (Å²) in [5.74, 6) is 0.654. The lowest BCUT2D eigenvalue weighted by atomic mass is 10.2. The second kappa shape index (κ2) is 7.09. The highest BCUT2D eigenvalue weighted by atomic mass is 35.5. The number of allylic oxidation sites excluding steroid dienone is 1. The highest BCUT2D eigenvalue weighted by Crippen LogP contribution is 2.20. The third kappa shape index (κ3) is 3.46. The number of anilines is 2. The van der Waals surface area contributed by atoms with Crippen molar-refractivity contribution in [2.75, 3.05) is 36.0 Å². The van der Waals surface area contributed by atoms with Crippen molar-refractivity contribution in [3.63, 3.8) is 0 Å². The normalized spacial score (nSPS) is 14.8. The predicted octanol–water partition coefficient (Wildman–Crippen LogP) is 2.79. The van der Waals surface area contributed by atoms with E-state index >= 15 is 0 Å². The molecule has 1 aromatic carbocycles. The molecular weight excluding hydrogens is 324 g/mol. The summed E-state index contributed by atoms with van der Waals surface area (Å²) in [6.07, 6.45) is 2.27. The van der Waals surface area contributed by atoms with Crippen LogP contribution in [-0.2, 0) is 6.42 Å². The number of nitrogens with zero attached hydrogens (tertiary/aromatic N) is 3. The maximum Gasteiger partial charge on any atom is 0.256 e. The summed E-state index contributed by atoms with van der Waals surface area (Å²) < 4.78 is 0. The first-order chi connectivity index (χ1) is 11.6. The molecule has 3 rings (SSSR count). The first-order valence-electron chi connectivity index (χ1n) is 8.04. The van der Waals surface area contributed by atoms with Crippen LogP contribution in [0.5, 0.6) is 0 Å². The molecular formula is C18H21ClN4O. The fourth-order valence-electron chi connectivity index (χ4n) is 2.96. The van der Waals surface area contributed by atoms with Gasteiger partial charge >= 0.3 is 0 Å². The number of hydrogen-bond donors (Lipinski definition) is 1. The molecule has 0 saturated carbocycles. The van der Waals surface area contributed by atoms with Crippen LogP contribution in [0.15, 0.2) is 41.7 Å². The van der Waals surface area contributed by atoms with Crippen molar-refractivity contribution in [2.24, 2.45) is 0 Å². The summed E-state index contributed by atoms with van der Waals surface area (Å²) in [7, 11) is 0. The lowest BCUT2D eigenvalue weighted by Crippen LogP contribution is -2.47. The first-order valence-corrected chi connectivity index (χ1v) is 8.42. The van der Waals surface area contributed by atoms with Gasteiger partial charge in [-0.25, -0.2) is 4.98 Å². The quantitative estimate of drug-likeness (QED) is 0.866. The minimum absolute atomic E-state index is 0.0717. The van der Waals surface area contributed by atoms with E-state index in [9.17, 15) is 4.79 Å². The minimum Gasteiger partial charge on any atom is -0.368 e. The number of rotatable bonds is 4. The number of nitrogens with one attached hydrogen (secondary N) is 1. The topological polar surface area (TPSA) is 52.2 Å². The van der Waals surface area contributed by atoms with Crippen LogP contribution in [0.25, 0.3) is 0 Å². The zero-order valence-corrected chi connectivity index (χ0v) is 14.5. The second-order valence-electron chi connectivity index (χ2n) is 5.90. The highest BCUT2D eigenvalue weighted by Gasteiger charge is 2.20. The van der Waals surface area contributed by atoms with E-state index < -0.39 is 0 Å². The molecule has 0 atom stereocenters. The summed E-state index contributed by atoms with van der Waals surface area (Å²) >= 11 is 5.94. The van der Waals surface area contributed by atoms with Gasteiger partial charge in [-0.2, -0.15) is 0 Å². The molecule has 0 unspecified atom stereocenters. The van der Waals surface area contributed by atoms with Gasteiger partial charge in [0.1, 0.15) is 0 Å². The van der Waals surface area contributed by atoms with Crippen molar-refractivity contribution in [3.8, 4) is 0 Å². The van der Waals surface area contributed by atoms with Crippen LogP contribution >= 0.6 is 11.6 Å². The molecule has 1 N–H and O–H groups in total. The number of hydrogen-bond acceptors (Lipinski definition) is 4. The number of H-pyrrole nitrogens is 1. The summed E-state index contributed by atoms with van der Waals surface area (Å²) in [6, 6.07) is 7.88. The summed E-state index contributed by atoms with van der Waals surface area (Å²) in [5, 5.41) is 0.745. The van der Waals surface area contributed by atoms with Crippen LogP contribution in [-0.4, -0.2) is 36.1 Å². The molecule has 1 fully saturated rings. The molecule has 1 saturated heterocycles. The summed E-state index contributed by atoms with van der Waals surface area (Å²) in [4.78, 5) is 24.1. The van der Waals surface area contributed by atoms with E-state index in [-0.39, 0.29) is 5.56 Å². The van der Waals surface area contributed by atoms with Crippen LogP contribution in [0.2, 0.25) is 5.02 Å². The Labute approximate surface area is 146 Å². The van der Waals surface area contributed by atoms with Crippen molar-refractivity contribution >= 4 is 23.2 Å². The number of aromatic amines is 1. The Morgan fingerprint density at radius 3 is 2.42 bits per heavy atom. The molecule has 1 aromatic heterocycles. The Morgan fingerprint density at radius 1 is 1.21 bits per heavy atom. The predicted molar refractivity (Wildman–Crippen MR) is 99.4 cm³/mol. The van der Waals surface area contributed by atoms with Gasteiger partial charge in [-0.05, 0) is 37.6 Å². The molecule has 5 nitrogen and oxygen atoms in total. The average Bonchev–Trinajstić information content (AvgIpc) is 2.59. The van der Waals surface area contributed by atoms with E-state index in [2.05, 4.69) is 26.3 Å². The third-order valence-electron chi connectivity index (χ3n) is 4.33. The highest BCUT2D eigenvalue weighted by molar-refractivity contribution is 6.30. The standard InChI is InChI=1S/C18H21ClN4O/c1-3-4-16-13(2)20-18(21-17(16)24)23-11-9-22(10-12-23)15-7-5-14(19)6-8-15/h3,5-8H,1,4,9-12H2,2H3,(H,20,21,24). The zero-order valence-electron chi connectivity index (χ0n) is 13.8. The number of piperazine rings is 1. The van der Waals surface area contributed by atoms with Crippen molar-refractivity contribution in [2.45, 2.75) is 13.3 Å². The minimum atomic E-state index is -0.0717. The van der Waals surface area contributed by atoms with E-state index in [1.165, 1.54) is 0 Å². The van der Waals surface area contributed by atoms with Crippen LogP contribution in [0, 0.1) is 6.92 Å². The van der Waals surface area contributed by atoms with Gasteiger partial charge in [-0.3, -0.25) is 9.78 Å². The molecule has 0 aliphatic carbocycles. The molecule has 126 valence electrons. The maximum absolute atomic E-state index is 12.2. The van der Waals surface area contributed by atoms with Gasteiger partial charge in [0, 0.05) is 42.5 Å². The first kappa shape index (κ1) is 16.6. The van der Waals surface area contributed by atoms with E-state index in [0.717, 1.165) is 42.6 Å². The van der Waals surface area contributed by atoms with Crippen LogP contribution in [0.4, 0.5) is 11.6 Å². The van der Waals surface area contributed by atoms with Gasteiger partial charge in [-0.15, -0.1) is 6.58 Å². The lowest BCUT2D eigenvalue weighted by Gasteiger charge is -2.36. The van der Waals surface area contributed by atoms with Crippen LogP contribution in [0.3, 0.4) is 0 Å². The number of halogens is 1. The summed E-state index contributed by atoms with van der Waals surface area (Å²) in [6.45, 7) is 8.94. The fraction of sp³-hybridized carbons (Fsp3) is 0.333. The van der Waals surface area contributed by atoms with Crippen molar-refractivity contribution in [1.29, 1.82) is 0 Å². The number of benzene rings is 1. The Hall–Kier alpha value is -2.27. The molecule has 1 aliphatic heterocycles. The number of aromatic nitrogens is 2. The molecule has 0 amide bonds. The van der Waals surface area contributed by atoms with Crippen LogP contribution in [0.1, 0.15) is 11.3 Å². The Morgan fingerprint density at radius 2 is 1.83 bits per heavy atom. The second-order valence-corrected chi connectivity index (χ2v) is 6.33. The Kier molecular flexibility index (Phi) is 4.90. The maximum atomic E-state index is 12.2. The van der Waals surface area contributed by atoms with Gasteiger partial charge in [0.25, 0.3) is 5.56 Å². The molecule has 2 aromatic rings. The van der Waals surface area contributed by atoms with E-state index in [0.29, 0.717) is 17.9 Å². The van der Waals surface area contributed by atoms with E-state index in [1.807, 2.05) is 31.2 Å². The average molecular weight is 345 g/mol. The van der Waals surface area contributed by atoms with Crippen LogP contribution < -0.4 is 15.4 Å². The van der Waals surface area contributed by atoms with Gasteiger partial charge in [-0.1, -0.05) is 17.7 Å². The van der Waals surface area contributed by atoms with E-state index in [1.54, 1.807) is 6.08 Å².